The highest BCUT2D eigenvalue weighted by atomic mass is 16.5. The van der Waals surface area contributed by atoms with E-state index in [2.05, 4.69) is 26.0 Å². The number of nitrogens with two attached hydrogens (primary N) is 1. The number of para-hydroxylation sites is 1. The molecular weight excluding hydrogens is 186 g/mol. The third kappa shape index (κ3) is 2.15. The lowest BCUT2D eigenvalue weighted by atomic mass is 9.95. The van der Waals surface area contributed by atoms with Gasteiger partial charge in [0.05, 0.1) is 12.7 Å². The summed E-state index contributed by atoms with van der Waals surface area (Å²) in [6.45, 7) is 4.95. The van der Waals surface area contributed by atoms with Crippen LogP contribution in [0.25, 0.3) is 0 Å². The van der Waals surface area contributed by atoms with E-state index in [1.807, 2.05) is 12.1 Å². The maximum atomic E-state index is 6.00. The summed E-state index contributed by atoms with van der Waals surface area (Å²) in [5.41, 5.74) is 8.39. The first-order chi connectivity index (χ1) is 7.14. The van der Waals surface area contributed by atoms with E-state index in [4.69, 9.17) is 10.5 Å². The molecule has 0 unspecified atom stereocenters. The Bertz CT molecular complexity index is 342. The monoisotopic (exact) mass is 205 g/mol. The van der Waals surface area contributed by atoms with Gasteiger partial charge in [0.15, 0.2) is 0 Å². The van der Waals surface area contributed by atoms with Crippen LogP contribution in [0.4, 0.5) is 5.69 Å². The second-order valence-electron chi connectivity index (χ2n) is 4.73. The molecule has 0 heterocycles. The predicted octanol–water partition coefficient (Wildman–Crippen LogP) is 2.73. The molecule has 1 aliphatic rings. The molecule has 1 saturated carbocycles. The molecule has 1 aromatic carbocycles. The highest BCUT2D eigenvalue weighted by Crippen LogP contribution is 2.50. The number of anilines is 1. The van der Waals surface area contributed by atoms with Gasteiger partial charge in [0.2, 0.25) is 0 Å². The van der Waals surface area contributed by atoms with E-state index in [1.54, 1.807) is 0 Å². The average molecular weight is 205 g/mol. The van der Waals surface area contributed by atoms with Gasteiger partial charge in [-0.3, -0.25) is 0 Å². The topological polar surface area (TPSA) is 35.2 Å². The van der Waals surface area contributed by atoms with E-state index in [-0.39, 0.29) is 5.41 Å². The van der Waals surface area contributed by atoms with Crippen molar-refractivity contribution >= 4 is 5.69 Å². The lowest BCUT2D eigenvalue weighted by Crippen LogP contribution is -2.19. The first kappa shape index (κ1) is 10.5. The van der Waals surface area contributed by atoms with Crippen LogP contribution in [0.1, 0.15) is 32.3 Å². The van der Waals surface area contributed by atoms with Gasteiger partial charge in [-0.1, -0.05) is 18.2 Å². The molecule has 0 radical (unpaired) electrons. The number of rotatable bonds is 4. The quantitative estimate of drug-likeness (QED) is 0.767. The lowest BCUT2D eigenvalue weighted by molar-refractivity contribution is 0.0620. The Labute approximate surface area is 91.4 Å². The molecule has 0 aromatic heterocycles. The normalized spacial score (nSPS) is 18.1. The number of nitrogen functional groups attached to an aromatic ring is 1. The summed E-state index contributed by atoms with van der Waals surface area (Å²) in [7, 11) is 0. The van der Waals surface area contributed by atoms with Crippen molar-refractivity contribution in [2.24, 2.45) is 0 Å². The zero-order valence-corrected chi connectivity index (χ0v) is 9.49. The maximum Gasteiger partial charge on any atom is 0.0567 e. The minimum Gasteiger partial charge on any atom is -0.398 e. The van der Waals surface area contributed by atoms with Crippen molar-refractivity contribution in [3.05, 3.63) is 29.8 Å². The van der Waals surface area contributed by atoms with Crippen molar-refractivity contribution in [3.8, 4) is 0 Å². The summed E-state index contributed by atoms with van der Waals surface area (Å²) in [5.74, 6) is 0. The Morgan fingerprint density at radius 3 is 2.53 bits per heavy atom. The Morgan fingerprint density at radius 2 is 2.00 bits per heavy atom. The minimum atomic E-state index is 0.218. The third-order valence-corrected chi connectivity index (χ3v) is 3.08. The van der Waals surface area contributed by atoms with Crippen LogP contribution in [-0.4, -0.2) is 12.7 Å². The molecule has 0 atom stereocenters. The van der Waals surface area contributed by atoms with Gasteiger partial charge < -0.3 is 10.5 Å². The Kier molecular flexibility index (Phi) is 2.70. The van der Waals surface area contributed by atoms with E-state index in [1.165, 1.54) is 18.4 Å². The lowest BCUT2D eigenvalue weighted by Gasteiger charge is -2.19. The van der Waals surface area contributed by atoms with Crippen molar-refractivity contribution in [1.29, 1.82) is 0 Å². The summed E-state index contributed by atoms with van der Waals surface area (Å²) >= 11 is 0. The summed E-state index contributed by atoms with van der Waals surface area (Å²) in [6.07, 6.45) is 2.70. The SMILES string of the molecule is CC(C)OCC1(c2ccccc2N)CC1. The van der Waals surface area contributed by atoms with Gasteiger partial charge in [-0.05, 0) is 38.3 Å². The smallest absolute Gasteiger partial charge is 0.0567 e. The van der Waals surface area contributed by atoms with Gasteiger partial charge in [-0.15, -0.1) is 0 Å². The first-order valence-electron chi connectivity index (χ1n) is 5.61. The molecule has 15 heavy (non-hydrogen) atoms. The zero-order valence-electron chi connectivity index (χ0n) is 9.49. The highest BCUT2D eigenvalue weighted by Gasteiger charge is 2.45. The van der Waals surface area contributed by atoms with Crippen molar-refractivity contribution in [2.75, 3.05) is 12.3 Å². The summed E-state index contributed by atoms with van der Waals surface area (Å²) in [5, 5.41) is 0. The van der Waals surface area contributed by atoms with Gasteiger partial charge in [0, 0.05) is 11.1 Å². The van der Waals surface area contributed by atoms with Crippen LogP contribution in [0, 0.1) is 0 Å². The third-order valence-electron chi connectivity index (χ3n) is 3.08. The Morgan fingerprint density at radius 1 is 1.33 bits per heavy atom. The van der Waals surface area contributed by atoms with Crippen molar-refractivity contribution in [3.63, 3.8) is 0 Å². The molecule has 2 nitrogen and oxygen atoms in total. The molecule has 2 heteroatoms. The van der Waals surface area contributed by atoms with Crippen molar-refractivity contribution in [2.45, 2.75) is 38.2 Å². The van der Waals surface area contributed by atoms with Gasteiger partial charge in [0.25, 0.3) is 0 Å². The first-order valence-corrected chi connectivity index (χ1v) is 5.61. The van der Waals surface area contributed by atoms with Crippen LogP contribution in [0.15, 0.2) is 24.3 Å². The van der Waals surface area contributed by atoms with Crippen LogP contribution in [0.2, 0.25) is 0 Å². The minimum absolute atomic E-state index is 0.218. The van der Waals surface area contributed by atoms with E-state index < -0.39 is 0 Å². The molecule has 82 valence electrons. The number of benzene rings is 1. The van der Waals surface area contributed by atoms with E-state index in [0.29, 0.717) is 6.10 Å². The summed E-state index contributed by atoms with van der Waals surface area (Å²) < 4.78 is 5.72. The standard InChI is InChI=1S/C13H19NO/c1-10(2)15-9-13(7-8-13)11-5-3-4-6-12(11)14/h3-6,10H,7-9,14H2,1-2H3. The van der Waals surface area contributed by atoms with Crippen LogP contribution in [0.5, 0.6) is 0 Å². The fourth-order valence-corrected chi connectivity index (χ4v) is 1.95. The number of hydrogen-bond acceptors (Lipinski definition) is 2. The molecule has 0 spiro atoms. The molecule has 0 saturated heterocycles. The van der Waals surface area contributed by atoms with Crippen LogP contribution in [0.3, 0.4) is 0 Å². The van der Waals surface area contributed by atoms with Gasteiger partial charge >= 0.3 is 0 Å². The Hall–Kier alpha value is -1.02. The zero-order chi connectivity index (χ0) is 10.9. The van der Waals surface area contributed by atoms with Gasteiger partial charge in [0.1, 0.15) is 0 Å². The van der Waals surface area contributed by atoms with E-state index >= 15 is 0 Å². The molecule has 2 rings (SSSR count). The largest absolute Gasteiger partial charge is 0.398 e. The van der Waals surface area contributed by atoms with Crippen LogP contribution >= 0.6 is 0 Å². The molecule has 0 amide bonds. The summed E-state index contributed by atoms with van der Waals surface area (Å²) in [4.78, 5) is 0. The fourth-order valence-electron chi connectivity index (χ4n) is 1.95. The molecule has 1 fully saturated rings. The molecule has 1 aliphatic carbocycles. The van der Waals surface area contributed by atoms with Crippen LogP contribution < -0.4 is 5.73 Å². The second-order valence-corrected chi connectivity index (χ2v) is 4.73. The molecule has 1 aromatic rings. The van der Waals surface area contributed by atoms with Crippen molar-refractivity contribution < 1.29 is 4.74 Å². The van der Waals surface area contributed by atoms with Gasteiger partial charge in [-0.2, -0.15) is 0 Å². The number of ether oxygens (including phenoxy) is 1. The molecule has 0 bridgehead atoms. The fraction of sp³-hybridized carbons (Fsp3) is 0.538. The van der Waals surface area contributed by atoms with Crippen molar-refractivity contribution in [1.82, 2.24) is 0 Å². The van der Waals surface area contributed by atoms with E-state index in [0.717, 1.165) is 12.3 Å². The average Bonchev–Trinajstić information content (AvgIpc) is 2.97. The highest BCUT2D eigenvalue weighted by molar-refractivity contribution is 5.53. The van der Waals surface area contributed by atoms with Crippen LogP contribution in [-0.2, 0) is 10.2 Å². The molecular formula is C13H19NO. The number of hydrogen-bond donors (Lipinski definition) is 1. The molecule has 2 N–H and O–H groups in total. The predicted molar refractivity (Wildman–Crippen MR) is 62.9 cm³/mol. The summed E-state index contributed by atoms with van der Waals surface area (Å²) in [6, 6.07) is 8.15. The second kappa shape index (κ2) is 3.86. The molecule has 0 aliphatic heterocycles. The Balaban J connectivity index is 2.13. The van der Waals surface area contributed by atoms with Gasteiger partial charge in [-0.25, -0.2) is 0 Å². The van der Waals surface area contributed by atoms with E-state index in [9.17, 15) is 0 Å². The maximum absolute atomic E-state index is 6.00.